The van der Waals surface area contributed by atoms with Crippen molar-refractivity contribution in [3.8, 4) is 5.75 Å². The second kappa shape index (κ2) is 14.3. The Hall–Kier alpha value is -1.63. The van der Waals surface area contributed by atoms with Crippen LogP contribution in [0.2, 0.25) is 0 Å². The summed E-state index contributed by atoms with van der Waals surface area (Å²) in [6.07, 6.45) is 2.07. The number of hydrogen-bond acceptors (Lipinski definition) is 6. The summed E-state index contributed by atoms with van der Waals surface area (Å²) in [6.45, 7) is 3.34. The number of unbranched alkanes of at least 4 members (excludes halogenated alkanes) is 1. The molecule has 1 aromatic rings. The van der Waals surface area contributed by atoms with Crippen molar-refractivity contribution in [2.45, 2.75) is 76.5 Å². The van der Waals surface area contributed by atoms with Crippen LogP contribution in [-0.4, -0.2) is 52.3 Å². The highest BCUT2D eigenvalue weighted by Crippen LogP contribution is 2.37. The van der Waals surface area contributed by atoms with Crippen LogP contribution in [0.5, 0.6) is 5.75 Å². The van der Waals surface area contributed by atoms with E-state index in [1.807, 2.05) is 34.7 Å². The van der Waals surface area contributed by atoms with E-state index in [9.17, 15) is 33.3 Å². The fourth-order valence-corrected chi connectivity index (χ4v) is 4.53. The Morgan fingerprint density at radius 1 is 1.22 bits per heavy atom. The molecule has 0 spiro atoms. The lowest BCUT2D eigenvalue weighted by Gasteiger charge is -2.20. The minimum atomic E-state index is -4.50. The monoisotopic (exact) mass is 626 g/mol. The van der Waals surface area contributed by atoms with Gasteiger partial charge in [-0.25, -0.2) is 0 Å². The van der Waals surface area contributed by atoms with Gasteiger partial charge in [0, 0.05) is 18.8 Å². The summed E-state index contributed by atoms with van der Waals surface area (Å²) in [5, 5.41) is 31.0. The van der Waals surface area contributed by atoms with Crippen LogP contribution in [-0.2, 0) is 15.7 Å². The van der Waals surface area contributed by atoms with Gasteiger partial charge in [-0.15, -0.1) is 0 Å². The van der Waals surface area contributed by atoms with Gasteiger partial charge in [-0.1, -0.05) is 24.3 Å². The summed E-state index contributed by atoms with van der Waals surface area (Å²) >= 11 is 1.86. The van der Waals surface area contributed by atoms with Gasteiger partial charge >= 0.3 is 12.1 Å². The SMILES string of the molecule is CC(C)OC(=O)CCC/C=C/C[C@@H]1[C@@H](C=C[C@@H](O)COc2cc(C(F)(F)F)ccc2I)[C@H](O)C[C@@H]1O. The molecule has 0 unspecified atom stereocenters. The highest BCUT2D eigenvalue weighted by atomic mass is 127. The van der Waals surface area contributed by atoms with Gasteiger partial charge < -0.3 is 24.8 Å². The standard InChI is InChI=1S/C26H34F3IO6/c1-16(2)36-25(34)8-6-4-3-5-7-19-20(23(33)14-22(19)32)11-10-18(31)15-35-24-13-17(26(27,28)29)9-12-21(24)30/h3,5,9-13,16,18-20,22-23,31-33H,4,6-8,14-15H2,1-2H3/b5-3+,11-10?/t18-,19-,20-,22+,23-/m1/s1. The van der Waals surface area contributed by atoms with Crippen molar-refractivity contribution in [1.82, 2.24) is 0 Å². The van der Waals surface area contributed by atoms with Gasteiger partial charge in [0.1, 0.15) is 18.5 Å². The first-order chi connectivity index (χ1) is 16.9. The van der Waals surface area contributed by atoms with Crippen LogP contribution in [0.4, 0.5) is 13.2 Å². The third kappa shape index (κ3) is 10.0. The van der Waals surface area contributed by atoms with E-state index in [1.165, 1.54) is 12.1 Å². The minimum Gasteiger partial charge on any atom is -0.489 e. The summed E-state index contributed by atoms with van der Waals surface area (Å²) in [7, 11) is 0. The number of carbonyl (C=O) groups excluding carboxylic acids is 1. The second-order valence-corrected chi connectivity index (χ2v) is 10.3. The quantitative estimate of drug-likeness (QED) is 0.130. The first-order valence-corrected chi connectivity index (χ1v) is 13.0. The lowest BCUT2D eigenvalue weighted by Crippen LogP contribution is -2.21. The molecule has 0 saturated heterocycles. The van der Waals surface area contributed by atoms with Crippen molar-refractivity contribution in [3.05, 3.63) is 51.6 Å². The normalized spacial score (nSPS) is 23.6. The van der Waals surface area contributed by atoms with E-state index in [-0.39, 0.29) is 36.8 Å². The molecule has 0 bridgehead atoms. The number of alkyl halides is 3. The summed E-state index contributed by atoms with van der Waals surface area (Å²) in [5.41, 5.74) is -0.836. The molecule has 3 N–H and O–H groups in total. The predicted molar refractivity (Wildman–Crippen MR) is 137 cm³/mol. The van der Waals surface area contributed by atoms with E-state index in [0.29, 0.717) is 29.3 Å². The number of carbonyl (C=O) groups is 1. The number of aliphatic hydroxyl groups excluding tert-OH is 3. The van der Waals surface area contributed by atoms with Crippen LogP contribution in [0, 0.1) is 15.4 Å². The largest absolute Gasteiger partial charge is 0.489 e. The third-order valence-electron chi connectivity index (χ3n) is 5.83. The van der Waals surface area contributed by atoms with Crippen LogP contribution >= 0.6 is 22.6 Å². The maximum absolute atomic E-state index is 12.9. The lowest BCUT2D eigenvalue weighted by molar-refractivity contribution is -0.147. The Labute approximate surface area is 223 Å². The molecule has 0 aliphatic heterocycles. The van der Waals surface area contributed by atoms with Crippen LogP contribution in [0.15, 0.2) is 42.5 Å². The van der Waals surface area contributed by atoms with Gasteiger partial charge in [0.25, 0.3) is 0 Å². The van der Waals surface area contributed by atoms with Crippen molar-refractivity contribution in [2.24, 2.45) is 11.8 Å². The number of aliphatic hydroxyl groups is 3. The average molecular weight is 626 g/mol. The van der Waals surface area contributed by atoms with Gasteiger partial charge in [0.15, 0.2) is 0 Å². The average Bonchev–Trinajstić information content (AvgIpc) is 3.04. The highest BCUT2D eigenvalue weighted by Gasteiger charge is 2.39. The van der Waals surface area contributed by atoms with E-state index in [4.69, 9.17) is 9.47 Å². The lowest BCUT2D eigenvalue weighted by atomic mass is 9.89. The fourth-order valence-electron chi connectivity index (χ4n) is 4.04. The molecular weight excluding hydrogens is 592 g/mol. The van der Waals surface area contributed by atoms with E-state index in [0.717, 1.165) is 12.1 Å². The Kier molecular flexibility index (Phi) is 12.2. The first-order valence-electron chi connectivity index (χ1n) is 11.9. The van der Waals surface area contributed by atoms with E-state index >= 15 is 0 Å². The molecule has 0 amide bonds. The van der Waals surface area contributed by atoms with Crippen LogP contribution < -0.4 is 4.74 Å². The van der Waals surface area contributed by atoms with E-state index in [1.54, 1.807) is 19.9 Å². The Bertz CT molecular complexity index is 902. The maximum Gasteiger partial charge on any atom is 0.416 e. The molecule has 10 heteroatoms. The summed E-state index contributed by atoms with van der Waals surface area (Å²) in [5.74, 6) is -0.858. The van der Waals surface area contributed by atoms with Gasteiger partial charge in [0.05, 0.1) is 27.4 Å². The zero-order valence-electron chi connectivity index (χ0n) is 20.3. The molecule has 202 valence electrons. The molecule has 0 aromatic heterocycles. The Morgan fingerprint density at radius 3 is 2.61 bits per heavy atom. The molecule has 5 atom stereocenters. The van der Waals surface area contributed by atoms with Crippen molar-refractivity contribution < 1.29 is 42.8 Å². The molecule has 1 fully saturated rings. The van der Waals surface area contributed by atoms with Crippen molar-refractivity contribution in [1.29, 1.82) is 0 Å². The third-order valence-corrected chi connectivity index (χ3v) is 6.72. The van der Waals surface area contributed by atoms with Gasteiger partial charge in [-0.3, -0.25) is 4.79 Å². The molecule has 0 heterocycles. The van der Waals surface area contributed by atoms with Crippen LogP contribution in [0.25, 0.3) is 0 Å². The fraction of sp³-hybridized carbons (Fsp3) is 0.577. The molecule has 1 saturated carbocycles. The summed E-state index contributed by atoms with van der Waals surface area (Å²) in [4.78, 5) is 11.6. The van der Waals surface area contributed by atoms with E-state index in [2.05, 4.69) is 0 Å². The van der Waals surface area contributed by atoms with Gasteiger partial charge in [-0.05, 0) is 79.8 Å². The van der Waals surface area contributed by atoms with Crippen molar-refractivity contribution in [2.75, 3.05) is 6.61 Å². The number of esters is 1. The molecule has 1 aliphatic carbocycles. The zero-order chi connectivity index (χ0) is 26.9. The topological polar surface area (TPSA) is 96.2 Å². The second-order valence-electron chi connectivity index (χ2n) is 9.16. The first kappa shape index (κ1) is 30.6. The van der Waals surface area contributed by atoms with Crippen molar-refractivity contribution >= 4 is 28.6 Å². The molecule has 36 heavy (non-hydrogen) atoms. The number of benzene rings is 1. The summed E-state index contributed by atoms with van der Waals surface area (Å²) < 4.78 is 49.8. The summed E-state index contributed by atoms with van der Waals surface area (Å²) in [6, 6.07) is 3.16. The van der Waals surface area contributed by atoms with Gasteiger partial charge in [0.2, 0.25) is 0 Å². The Morgan fingerprint density at radius 2 is 1.94 bits per heavy atom. The van der Waals surface area contributed by atoms with Crippen LogP contribution in [0.1, 0.15) is 51.5 Å². The smallest absolute Gasteiger partial charge is 0.416 e. The number of halogens is 4. The number of ether oxygens (including phenoxy) is 2. The molecule has 0 radical (unpaired) electrons. The molecule has 1 aliphatic rings. The molecule has 1 aromatic carbocycles. The molecule has 6 nitrogen and oxygen atoms in total. The maximum atomic E-state index is 12.9. The minimum absolute atomic E-state index is 0.0229. The highest BCUT2D eigenvalue weighted by molar-refractivity contribution is 14.1. The Balaban J connectivity index is 1.86. The number of allylic oxidation sites excluding steroid dienone is 2. The van der Waals surface area contributed by atoms with Crippen molar-refractivity contribution in [3.63, 3.8) is 0 Å². The predicted octanol–water partition coefficient (Wildman–Crippen LogP) is 5.03. The number of hydrogen-bond donors (Lipinski definition) is 3. The molecule has 2 rings (SSSR count). The van der Waals surface area contributed by atoms with E-state index < -0.39 is 36.0 Å². The van der Waals surface area contributed by atoms with Gasteiger partial charge in [-0.2, -0.15) is 13.2 Å². The molecular formula is C26H34F3IO6. The number of rotatable bonds is 12. The van der Waals surface area contributed by atoms with Crippen LogP contribution in [0.3, 0.4) is 0 Å². The zero-order valence-corrected chi connectivity index (χ0v) is 22.5.